The molecule has 1 aromatic carbocycles. The van der Waals surface area contributed by atoms with Gasteiger partial charge in [0.2, 0.25) is 0 Å². The van der Waals surface area contributed by atoms with Crippen LogP contribution in [0.4, 0.5) is 5.69 Å². The minimum atomic E-state index is -0.638. The van der Waals surface area contributed by atoms with Crippen LogP contribution in [0.3, 0.4) is 0 Å². The monoisotopic (exact) mass is 233 g/mol. The van der Waals surface area contributed by atoms with Gasteiger partial charge < -0.3 is 15.2 Å². The molecule has 1 amide bonds. The van der Waals surface area contributed by atoms with Gasteiger partial charge in [0.15, 0.2) is 0 Å². The number of rotatable bonds is 3. The zero-order valence-corrected chi connectivity index (χ0v) is 8.97. The van der Waals surface area contributed by atoms with Crippen LogP contribution in [-0.4, -0.2) is 30.2 Å². The van der Waals surface area contributed by atoms with Crippen LogP contribution >= 0.6 is 0 Å². The van der Waals surface area contributed by atoms with Crippen molar-refractivity contribution < 1.29 is 19.4 Å². The minimum absolute atomic E-state index is 0.0775. The van der Waals surface area contributed by atoms with Gasteiger partial charge in [0, 0.05) is 17.3 Å². The number of carbonyl (C=O) groups excluding carboxylic acids is 2. The molecule has 0 unspecified atom stereocenters. The number of ether oxygens (including phenoxy) is 1. The Morgan fingerprint density at radius 2 is 2.18 bits per heavy atom. The van der Waals surface area contributed by atoms with Crippen LogP contribution in [-0.2, 0) is 14.3 Å². The van der Waals surface area contributed by atoms with Gasteiger partial charge in [-0.2, -0.15) is 0 Å². The number of hydrogen-bond donors (Lipinski definition) is 2. The number of hydrogen-bond acceptors (Lipinski definition) is 4. The first-order valence-corrected chi connectivity index (χ1v) is 5.12. The lowest BCUT2D eigenvalue weighted by molar-refractivity contribution is -0.138. The van der Waals surface area contributed by atoms with Crippen molar-refractivity contribution >= 4 is 23.1 Å². The summed E-state index contributed by atoms with van der Waals surface area (Å²) in [7, 11) is 0. The van der Waals surface area contributed by atoms with Crippen LogP contribution in [0.5, 0.6) is 0 Å². The highest BCUT2D eigenvalue weighted by atomic mass is 16.5. The highest BCUT2D eigenvalue weighted by Gasteiger charge is 2.24. The van der Waals surface area contributed by atoms with Gasteiger partial charge in [-0.1, -0.05) is 18.2 Å². The fourth-order valence-electron chi connectivity index (χ4n) is 1.59. The molecule has 0 bridgehead atoms. The molecule has 1 aliphatic rings. The molecule has 1 heterocycles. The second-order valence-corrected chi connectivity index (χ2v) is 3.45. The number of nitrogens with one attached hydrogen (secondary N) is 1. The third kappa shape index (κ3) is 2.34. The largest absolute Gasteiger partial charge is 0.460 e. The highest BCUT2D eigenvalue weighted by molar-refractivity contribution is 6.33. The summed E-state index contributed by atoms with van der Waals surface area (Å²) < 4.78 is 4.67. The summed E-state index contributed by atoms with van der Waals surface area (Å²) >= 11 is 0. The number of fused-ring (bicyclic) bond motifs is 1. The summed E-state index contributed by atoms with van der Waals surface area (Å²) in [5.41, 5.74) is 1.64. The Bertz CT molecular complexity index is 493. The van der Waals surface area contributed by atoms with E-state index in [1.165, 1.54) is 0 Å². The summed E-state index contributed by atoms with van der Waals surface area (Å²) in [6.45, 7) is -0.316. The topological polar surface area (TPSA) is 75.6 Å². The lowest BCUT2D eigenvalue weighted by atomic mass is 10.1. The van der Waals surface area contributed by atoms with E-state index in [0.29, 0.717) is 11.3 Å². The van der Waals surface area contributed by atoms with Crippen molar-refractivity contribution in [2.45, 2.75) is 0 Å². The third-order valence-corrected chi connectivity index (χ3v) is 2.31. The Labute approximate surface area is 97.7 Å². The van der Waals surface area contributed by atoms with E-state index in [0.717, 1.165) is 6.08 Å². The molecule has 1 aromatic rings. The molecule has 0 saturated heterocycles. The fraction of sp³-hybridized carbons (Fsp3) is 0.167. The standard InChI is InChI=1S/C12H11NO4/c14-5-6-17-11(15)7-9-8-3-1-2-4-10(8)13-12(9)16/h1-4,7,14H,5-6H2,(H,13,16)/b9-7+. The van der Waals surface area contributed by atoms with E-state index in [2.05, 4.69) is 10.1 Å². The van der Waals surface area contributed by atoms with Crippen LogP contribution in [0.2, 0.25) is 0 Å². The van der Waals surface area contributed by atoms with Crippen molar-refractivity contribution in [2.24, 2.45) is 0 Å². The molecule has 0 atom stereocenters. The summed E-state index contributed by atoms with van der Waals surface area (Å²) in [5, 5.41) is 11.2. The molecule has 88 valence electrons. The van der Waals surface area contributed by atoms with Crippen molar-refractivity contribution in [3.05, 3.63) is 35.9 Å². The highest BCUT2D eigenvalue weighted by Crippen LogP contribution is 2.30. The van der Waals surface area contributed by atoms with Crippen LogP contribution in [0.15, 0.2) is 30.3 Å². The van der Waals surface area contributed by atoms with Gasteiger partial charge in [-0.15, -0.1) is 0 Å². The second-order valence-electron chi connectivity index (χ2n) is 3.45. The lowest BCUT2D eigenvalue weighted by Gasteiger charge is -1.99. The number of amides is 1. The van der Waals surface area contributed by atoms with Crippen molar-refractivity contribution in [1.29, 1.82) is 0 Å². The first-order valence-electron chi connectivity index (χ1n) is 5.12. The number of aliphatic hydroxyl groups is 1. The van der Waals surface area contributed by atoms with Crippen molar-refractivity contribution in [1.82, 2.24) is 0 Å². The van der Waals surface area contributed by atoms with Crippen LogP contribution < -0.4 is 5.32 Å². The zero-order chi connectivity index (χ0) is 12.3. The van der Waals surface area contributed by atoms with Gasteiger partial charge in [0.1, 0.15) is 6.61 Å². The predicted molar refractivity (Wildman–Crippen MR) is 61.1 cm³/mol. The van der Waals surface area contributed by atoms with E-state index >= 15 is 0 Å². The molecule has 5 nitrogen and oxygen atoms in total. The minimum Gasteiger partial charge on any atom is -0.460 e. The van der Waals surface area contributed by atoms with Gasteiger partial charge in [-0.25, -0.2) is 4.79 Å². The predicted octanol–water partition coefficient (Wildman–Crippen LogP) is 0.558. The lowest BCUT2D eigenvalue weighted by Crippen LogP contribution is -2.09. The Morgan fingerprint density at radius 1 is 1.41 bits per heavy atom. The number of aliphatic hydroxyl groups excluding tert-OH is 1. The van der Waals surface area contributed by atoms with E-state index < -0.39 is 5.97 Å². The van der Waals surface area contributed by atoms with Gasteiger partial charge in [-0.3, -0.25) is 4.79 Å². The van der Waals surface area contributed by atoms with Gasteiger partial charge in [0.05, 0.1) is 12.2 Å². The molecule has 0 aliphatic carbocycles. The Kier molecular flexibility index (Phi) is 3.20. The molecule has 2 rings (SSSR count). The Morgan fingerprint density at radius 3 is 2.94 bits per heavy atom. The molecule has 17 heavy (non-hydrogen) atoms. The summed E-state index contributed by atoms with van der Waals surface area (Å²) in [4.78, 5) is 22.9. The van der Waals surface area contributed by atoms with E-state index in [-0.39, 0.29) is 24.7 Å². The number of esters is 1. The molecular weight excluding hydrogens is 222 g/mol. The summed E-state index contributed by atoms with van der Waals surface area (Å²) in [5.74, 6) is -0.965. The molecule has 0 saturated carbocycles. The fourth-order valence-corrected chi connectivity index (χ4v) is 1.59. The molecule has 5 heteroatoms. The SMILES string of the molecule is O=C(/C=C1/C(=O)Nc2ccccc21)OCCO. The maximum absolute atomic E-state index is 11.6. The molecule has 0 fully saturated rings. The Balaban J connectivity index is 2.24. The van der Waals surface area contributed by atoms with Gasteiger partial charge >= 0.3 is 5.97 Å². The van der Waals surface area contributed by atoms with E-state index in [1.807, 2.05) is 0 Å². The first-order chi connectivity index (χ1) is 8.22. The quantitative estimate of drug-likeness (QED) is 0.590. The van der Waals surface area contributed by atoms with Crippen LogP contribution in [0.25, 0.3) is 5.57 Å². The third-order valence-electron chi connectivity index (χ3n) is 2.31. The molecule has 0 spiro atoms. The molecular formula is C12H11NO4. The van der Waals surface area contributed by atoms with Gasteiger partial charge in [0.25, 0.3) is 5.91 Å². The smallest absolute Gasteiger partial charge is 0.331 e. The molecule has 0 radical (unpaired) electrons. The number of para-hydroxylation sites is 1. The van der Waals surface area contributed by atoms with Crippen LogP contribution in [0, 0.1) is 0 Å². The normalized spacial score (nSPS) is 15.6. The average molecular weight is 233 g/mol. The molecule has 1 aliphatic heterocycles. The Hall–Kier alpha value is -2.14. The summed E-state index contributed by atoms with van der Waals surface area (Å²) in [6, 6.07) is 7.09. The van der Waals surface area contributed by atoms with E-state index in [4.69, 9.17) is 5.11 Å². The number of carbonyl (C=O) groups is 2. The van der Waals surface area contributed by atoms with Crippen molar-refractivity contribution in [3.63, 3.8) is 0 Å². The molecule has 0 aromatic heterocycles. The van der Waals surface area contributed by atoms with E-state index in [1.54, 1.807) is 24.3 Å². The maximum atomic E-state index is 11.6. The number of anilines is 1. The van der Waals surface area contributed by atoms with E-state index in [9.17, 15) is 9.59 Å². The summed E-state index contributed by atoms with van der Waals surface area (Å²) in [6.07, 6.45) is 1.14. The van der Waals surface area contributed by atoms with Crippen molar-refractivity contribution in [2.75, 3.05) is 18.5 Å². The average Bonchev–Trinajstić information content (AvgIpc) is 2.64. The first kappa shape index (κ1) is 11.3. The van der Waals surface area contributed by atoms with Gasteiger partial charge in [-0.05, 0) is 6.07 Å². The second kappa shape index (κ2) is 4.80. The maximum Gasteiger partial charge on any atom is 0.331 e. The van der Waals surface area contributed by atoms with Crippen LogP contribution in [0.1, 0.15) is 5.56 Å². The number of benzene rings is 1. The molecule has 2 N–H and O–H groups in total. The van der Waals surface area contributed by atoms with Crippen molar-refractivity contribution in [3.8, 4) is 0 Å². The zero-order valence-electron chi connectivity index (χ0n) is 8.97.